The van der Waals surface area contributed by atoms with E-state index in [-0.39, 0.29) is 25.1 Å². The van der Waals surface area contributed by atoms with Crippen LogP contribution < -0.4 is 5.32 Å². The fraction of sp³-hybridized carbons (Fsp3) is 0.857. The Kier molecular flexibility index (Phi) is 6.42. The van der Waals surface area contributed by atoms with Crippen molar-refractivity contribution in [3.05, 3.63) is 0 Å². The molecule has 0 aromatic carbocycles. The predicted molar refractivity (Wildman–Crippen MR) is 75.6 cm³/mol. The molecule has 0 amide bonds. The molecule has 1 unspecified atom stereocenters. The number of esters is 1. The van der Waals surface area contributed by atoms with Crippen LogP contribution in [0.4, 0.5) is 0 Å². The van der Waals surface area contributed by atoms with Crippen molar-refractivity contribution in [2.45, 2.75) is 51.7 Å². The third kappa shape index (κ3) is 6.86. The number of aliphatic carboxylic acids is 1. The number of likely N-dealkylation sites (tertiary alicyclic amines) is 1. The Morgan fingerprint density at radius 2 is 2.05 bits per heavy atom. The minimum atomic E-state index is -0.802. The summed E-state index contributed by atoms with van der Waals surface area (Å²) < 4.78 is 5.21. The van der Waals surface area contributed by atoms with Crippen molar-refractivity contribution in [1.82, 2.24) is 10.2 Å². The summed E-state index contributed by atoms with van der Waals surface area (Å²) in [5.41, 5.74) is -0.473. The highest BCUT2D eigenvalue weighted by molar-refractivity contribution is 5.72. The zero-order chi connectivity index (χ0) is 15.2. The Bertz CT molecular complexity index is 339. The number of carbonyl (C=O) groups excluding carboxylic acids is 1. The van der Waals surface area contributed by atoms with Gasteiger partial charge in [-0.15, -0.1) is 0 Å². The normalized spacial score (nSPS) is 20.6. The molecule has 1 rings (SSSR count). The van der Waals surface area contributed by atoms with Crippen molar-refractivity contribution < 1.29 is 19.4 Å². The first kappa shape index (κ1) is 16.9. The second kappa shape index (κ2) is 7.59. The molecule has 6 heteroatoms. The van der Waals surface area contributed by atoms with E-state index in [4.69, 9.17) is 9.84 Å². The molecule has 2 N–H and O–H groups in total. The smallest absolute Gasteiger partial charge is 0.320 e. The van der Waals surface area contributed by atoms with Crippen LogP contribution in [0.1, 0.15) is 40.0 Å². The van der Waals surface area contributed by atoms with Crippen molar-refractivity contribution in [3.8, 4) is 0 Å². The second-order valence-electron chi connectivity index (χ2n) is 6.23. The second-order valence-corrected chi connectivity index (χ2v) is 6.23. The van der Waals surface area contributed by atoms with Gasteiger partial charge in [0.1, 0.15) is 5.60 Å². The molecule has 0 aliphatic carbocycles. The molecule has 1 atom stereocenters. The first-order valence-corrected chi connectivity index (χ1v) is 7.16. The summed E-state index contributed by atoms with van der Waals surface area (Å²) in [6, 6.07) is 0.183. The van der Waals surface area contributed by atoms with Crippen LogP contribution >= 0.6 is 0 Å². The third-order valence-corrected chi connectivity index (χ3v) is 3.16. The number of nitrogens with one attached hydrogen (secondary N) is 1. The number of carboxylic acids is 1. The SMILES string of the molecule is CC(C)(C)OC(=O)CNCC1CCCCN1CC(=O)O. The minimum absolute atomic E-state index is 0.0682. The number of nitrogens with zero attached hydrogens (tertiary/aromatic N) is 1. The van der Waals surface area contributed by atoms with Gasteiger partial charge in [0.05, 0.1) is 13.1 Å². The molecule has 6 nitrogen and oxygen atoms in total. The van der Waals surface area contributed by atoms with Crippen LogP contribution in [-0.4, -0.2) is 59.8 Å². The lowest BCUT2D eigenvalue weighted by Gasteiger charge is -2.34. The largest absolute Gasteiger partial charge is 0.480 e. The van der Waals surface area contributed by atoms with Gasteiger partial charge in [-0.1, -0.05) is 6.42 Å². The van der Waals surface area contributed by atoms with Gasteiger partial charge in [-0.3, -0.25) is 14.5 Å². The summed E-state index contributed by atoms with van der Waals surface area (Å²) >= 11 is 0. The number of hydrogen-bond donors (Lipinski definition) is 2. The molecular formula is C14H26N2O4. The number of carboxylic acid groups (broad SMARTS) is 1. The highest BCUT2D eigenvalue weighted by atomic mass is 16.6. The third-order valence-electron chi connectivity index (χ3n) is 3.16. The van der Waals surface area contributed by atoms with E-state index in [2.05, 4.69) is 5.32 Å². The Labute approximate surface area is 120 Å². The van der Waals surface area contributed by atoms with E-state index in [1.54, 1.807) is 0 Å². The first-order chi connectivity index (χ1) is 9.28. The number of carbonyl (C=O) groups is 2. The Morgan fingerprint density at radius 1 is 1.35 bits per heavy atom. The molecule has 0 aromatic rings. The quantitative estimate of drug-likeness (QED) is 0.705. The maximum atomic E-state index is 11.6. The lowest BCUT2D eigenvalue weighted by Crippen LogP contribution is -2.48. The van der Waals surface area contributed by atoms with Crippen molar-refractivity contribution >= 4 is 11.9 Å². The zero-order valence-corrected chi connectivity index (χ0v) is 12.6. The summed E-state index contributed by atoms with van der Waals surface area (Å²) in [4.78, 5) is 24.3. The fourth-order valence-corrected chi connectivity index (χ4v) is 2.39. The zero-order valence-electron chi connectivity index (χ0n) is 12.6. The van der Waals surface area contributed by atoms with Gasteiger partial charge in [0, 0.05) is 12.6 Å². The monoisotopic (exact) mass is 286 g/mol. The van der Waals surface area contributed by atoms with Crippen molar-refractivity contribution in [3.63, 3.8) is 0 Å². The van der Waals surface area contributed by atoms with Crippen LogP contribution in [0.2, 0.25) is 0 Å². The van der Waals surface area contributed by atoms with Crippen LogP contribution in [0.15, 0.2) is 0 Å². The van der Waals surface area contributed by atoms with E-state index in [1.165, 1.54) is 0 Å². The molecule has 1 saturated heterocycles. The Hall–Kier alpha value is -1.14. The lowest BCUT2D eigenvalue weighted by molar-refractivity contribution is -0.153. The topological polar surface area (TPSA) is 78.9 Å². The molecular weight excluding hydrogens is 260 g/mol. The summed E-state index contributed by atoms with van der Waals surface area (Å²) in [6.07, 6.45) is 3.11. The molecule has 0 aromatic heterocycles. The molecule has 1 fully saturated rings. The van der Waals surface area contributed by atoms with Crippen LogP contribution in [0.5, 0.6) is 0 Å². The number of hydrogen-bond acceptors (Lipinski definition) is 5. The van der Waals surface area contributed by atoms with Crippen molar-refractivity contribution in [2.75, 3.05) is 26.2 Å². The summed E-state index contributed by atoms with van der Waals surface area (Å²) in [7, 11) is 0. The van der Waals surface area contributed by atoms with Gasteiger partial charge in [-0.2, -0.15) is 0 Å². The number of rotatable bonds is 6. The standard InChI is InChI=1S/C14H26N2O4/c1-14(2,3)20-13(19)9-15-8-11-6-4-5-7-16(11)10-12(17)18/h11,15H,4-10H2,1-3H3,(H,17,18). The van der Waals surface area contributed by atoms with E-state index >= 15 is 0 Å². The lowest BCUT2D eigenvalue weighted by atomic mass is 10.0. The highest BCUT2D eigenvalue weighted by Gasteiger charge is 2.24. The Balaban J connectivity index is 2.31. The molecule has 0 spiro atoms. The van der Waals surface area contributed by atoms with E-state index in [1.807, 2.05) is 25.7 Å². The van der Waals surface area contributed by atoms with Gasteiger partial charge in [0.2, 0.25) is 0 Å². The molecule has 116 valence electrons. The van der Waals surface area contributed by atoms with Gasteiger partial charge in [0.25, 0.3) is 0 Å². The maximum absolute atomic E-state index is 11.6. The number of ether oxygens (including phenoxy) is 1. The fourth-order valence-electron chi connectivity index (χ4n) is 2.39. The van der Waals surface area contributed by atoms with E-state index in [0.29, 0.717) is 6.54 Å². The minimum Gasteiger partial charge on any atom is -0.480 e. The molecule has 1 heterocycles. The average Bonchev–Trinajstić information content (AvgIpc) is 2.28. The summed E-state index contributed by atoms with van der Waals surface area (Å²) in [6.45, 7) is 7.16. The molecule has 20 heavy (non-hydrogen) atoms. The molecule has 0 radical (unpaired) electrons. The predicted octanol–water partition coefficient (Wildman–Crippen LogP) is 0.857. The molecule has 0 bridgehead atoms. The van der Waals surface area contributed by atoms with E-state index < -0.39 is 11.6 Å². The Morgan fingerprint density at radius 3 is 2.65 bits per heavy atom. The van der Waals surface area contributed by atoms with Gasteiger partial charge in [-0.05, 0) is 40.2 Å². The van der Waals surface area contributed by atoms with Gasteiger partial charge in [-0.25, -0.2) is 0 Å². The first-order valence-electron chi connectivity index (χ1n) is 7.16. The van der Waals surface area contributed by atoms with Crippen LogP contribution in [0.25, 0.3) is 0 Å². The maximum Gasteiger partial charge on any atom is 0.320 e. The molecule has 0 saturated carbocycles. The van der Waals surface area contributed by atoms with Gasteiger partial charge >= 0.3 is 11.9 Å². The van der Waals surface area contributed by atoms with Gasteiger partial charge < -0.3 is 15.2 Å². The van der Waals surface area contributed by atoms with Gasteiger partial charge in [0.15, 0.2) is 0 Å². The van der Waals surface area contributed by atoms with E-state index in [9.17, 15) is 9.59 Å². The summed E-state index contributed by atoms with van der Waals surface area (Å²) in [5.74, 6) is -1.08. The molecule has 1 aliphatic rings. The van der Waals surface area contributed by atoms with E-state index in [0.717, 1.165) is 25.8 Å². The number of piperidine rings is 1. The van der Waals surface area contributed by atoms with Crippen LogP contribution in [0.3, 0.4) is 0 Å². The highest BCUT2D eigenvalue weighted by Crippen LogP contribution is 2.16. The molecule has 1 aliphatic heterocycles. The van der Waals surface area contributed by atoms with Crippen LogP contribution in [-0.2, 0) is 14.3 Å². The average molecular weight is 286 g/mol. The van der Waals surface area contributed by atoms with Crippen molar-refractivity contribution in [2.24, 2.45) is 0 Å². The van der Waals surface area contributed by atoms with Crippen LogP contribution in [0, 0.1) is 0 Å². The van der Waals surface area contributed by atoms with Crippen molar-refractivity contribution in [1.29, 1.82) is 0 Å². The summed E-state index contributed by atoms with van der Waals surface area (Å²) in [5, 5.41) is 12.0.